The van der Waals surface area contributed by atoms with Gasteiger partial charge >= 0.3 is 5.91 Å². The first-order valence-corrected chi connectivity index (χ1v) is 10.5. The van der Waals surface area contributed by atoms with Crippen molar-refractivity contribution in [1.82, 2.24) is 4.57 Å². The smallest absolute Gasteiger partial charge is 0.302 e. The molecule has 1 aromatic heterocycles. The van der Waals surface area contributed by atoms with Gasteiger partial charge in [-0.25, -0.2) is 0 Å². The Kier molecular flexibility index (Phi) is 6.31. The van der Waals surface area contributed by atoms with Crippen LogP contribution in [0.25, 0.3) is 10.9 Å². The number of hydrogen-bond acceptors (Lipinski definition) is 4. The Morgan fingerprint density at radius 1 is 0.969 bits per heavy atom. The van der Waals surface area contributed by atoms with E-state index in [-0.39, 0.29) is 18.2 Å². The molecule has 0 saturated heterocycles. The van der Waals surface area contributed by atoms with Crippen LogP contribution in [0.5, 0.6) is 11.6 Å². The maximum atomic E-state index is 12.3. The van der Waals surface area contributed by atoms with Crippen molar-refractivity contribution < 1.29 is 14.6 Å². The number of aryl methyl sites for hydroxylation is 3. The largest absolute Gasteiger partial charge is 0.493 e. The summed E-state index contributed by atoms with van der Waals surface area (Å²) < 4.78 is 7.41. The van der Waals surface area contributed by atoms with Crippen LogP contribution in [0.3, 0.4) is 0 Å². The molecule has 6 nitrogen and oxygen atoms in total. The molecule has 0 aliphatic rings. The molecular weight excluding hydrogens is 402 g/mol. The molecule has 1 N–H and O–H groups in total. The minimum atomic E-state index is -0.522. The number of nitrogens with zero attached hydrogens (tertiary/aromatic N) is 3. The van der Waals surface area contributed by atoms with Gasteiger partial charge in [-0.2, -0.15) is 0 Å². The number of azo groups is 1. The fourth-order valence-electron chi connectivity index (χ4n) is 3.64. The standard InChI is InChI=1S/C26H25N3O3/c1-18-9-8-14-23(19(18)2)32-17-24(30)27-28-25-21-12-6-7-13-22(21)29(26(25)31)16-15-20-10-4-3-5-11-20/h3-14,31H,15-17H2,1-2H3. The summed E-state index contributed by atoms with van der Waals surface area (Å²) in [5, 5.41) is 19.5. The van der Waals surface area contributed by atoms with E-state index >= 15 is 0 Å². The lowest BCUT2D eigenvalue weighted by molar-refractivity contribution is -0.120. The number of hydrogen-bond donors (Lipinski definition) is 1. The van der Waals surface area contributed by atoms with Crippen LogP contribution in [-0.4, -0.2) is 22.2 Å². The quantitative estimate of drug-likeness (QED) is 0.373. The number of carbonyl (C=O) groups is 1. The lowest BCUT2D eigenvalue weighted by Gasteiger charge is -2.08. The molecule has 0 bridgehead atoms. The highest BCUT2D eigenvalue weighted by atomic mass is 16.5. The number of fused-ring (bicyclic) bond motifs is 1. The lowest BCUT2D eigenvalue weighted by atomic mass is 10.1. The highest BCUT2D eigenvalue weighted by molar-refractivity contribution is 5.95. The number of aromatic hydroxyl groups is 1. The third kappa shape index (κ3) is 4.54. The zero-order chi connectivity index (χ0) is 22.5. The molecule has 0 saturated carbocycles. The molecule has 4 rings (SSSR count). The van der Waals surface area contributed by atoms with E-state index in [1.165, 1.54) is 5.56 Å². The number of amides is 1. The first kappa shape index (κ1) is 21.3. The molecule has 1 amide bonds. The van der Waals surface area contributed by atoms with Crippen LogP contribution in [-0.2, 0) is 17.8 Å². The van der Waals surface area contributed by atoms with Gasteiger partial charge in [-0.15, -0.1) is 10.2 Å². The molecular formula is C26H25N3O3. The van der Waals surface area contributed by atoms with Gasteiger partial charge in [0.25, 0.3) is 0 Å². The molecule has 0 aliphatic carbocycles. The summed E-state index contributed by atoms with van der Waals surface area (Å²) in [5.74, 6) is 0.120. The SMILES string of the molecule is Cc1cccc(OCC(=O)N=Nc2c(O)n(CCc3ccccc3)c3ccccc23)c1C. The topological polar surface area (TPSA) is 76.2 Å². The molecule has 0 fully saturated rings. The number of ether oxygens (including phenoxy) is 1. The Hall–Kier alpha value is -3.93. The third-order valence-electron chi connectivity index (χ3n) is 5.55. The zero-order valence-electron chi connectivity index (χ0n) is 18.2. The van der Waals surface area contributed by atoms with Crippen molar-refractivity contribution in [3.8, 4) is 11.6 Å². The first-order valence-electron chi connectivity index (χ1n) is 10.5. The summed E-state index contributed by atoms with van der Waals surface area (Å²) in [6.45, 7) is 4.29. The molecule has 32 heavy (non-hydrogen) atoms. The maximum Gasteiger partial charge on any atom is 0.302 e. The van der Waals surface area contributed by atoms with Gasteiger partial charge in [-0.1, -0.05) is 60.7 Å². The fourth-order valence-corrected chi connectivity index (χ4v) is 3.64. The molecule has 4 aromatic rings. The van der Waals surface area contributed by atoms with E-state index in [9.17, 15) is 9.90 Å². The summed E-state index contributed by atoms with van der Waals surface area (Å²) in [5.41, 5.74) is 4.37. The number of benzene rings is 3. The summed E-state index contributed by atoms with van der Waals surface area (Å²) >= 11 is 0. The molecule has 0 atom stereocenters. The van der Waals surface area contributed by atoms with Crippen LogP contribution < -0.4 is 4.74 Å². The number of aromatic nitrogens is 1. The van der Waals surface area contributed by atoms with E-state index in [0.717, 1.165) is 28.5 Å². The van der Waals surface area contributed by atoms with Crippen LogP contribution in [0.1, 0.15) is 16.7 Å². The van der Waals surface area contributed by atoms with E-state index in [1.807, 2.05) is 74.5 Å². The van der Waals surface area contributed by atoms with Crippen molar-refractivity contribution in [1.29, 1.82) is 0 Å². The van der Waals surface area contributed by atoms with E-state index in [2.05, 4.69) is 22.4 Å². The van der Waals surface area contributed by atoms with Gasteiger partial charge in [-0.3, -0.25) is 4.79 Å². The van der Waals surface area contributed by atoms with Crippen molar-refractivity contribution in [2.24, 2.45) is 10.2 Å². The Labute approximate surface area is 186 Å². The third-order valence-corrected chi connectivity index (χ3v) is 5.55. The number of para-hydroxylation sites is 1. The Bertz CT molecular complexity index is 1280. The maximum absolute atomic E-state index is 12.3. The van der Waals surface area contributed by atoms with Gasteiger partial charge in [0, 0.05) is 11.9 Å². The van der Waals surface area contributed by atoms with Gasteiger partial charge in [0.05, 0.1) is 5.52 Å². The van der Waals surface area contributed by atoms with Crippen LogP contribution in [0.4, 0.5) is 5.69 Å². The van der Waals surface area contributed by atoms with E-state index in [0.29, 0.717) is 12.3 Å². The Balaban J connectivity index is 1.52. The first-order chi connectivity index (χ1) is 15.5. The Morgan fingerprint density at radius 2 is 1.72 bits per heavy atom. The van der Waals surface area contributed by atoms with Gasteiger partial charge in [0.1, 0.15) is 5.75 Å². The van der Waals surface area contributed by atoms with E-state index in [1.54, 1.807) is 4.57 Å². The van der Waals surface area contributed by atoms with Crippen LogP contribution in [0, 0.1) is 13.8 Å². The molecule has 162 valence electrons. The summed E-state index contributed by atoms with van der Waals surface area (Å²) in [4.78, 5) is 12.3. The summed E-state index contributed by atoms with van der Waals surface area (Å²) in [7, 11) is 0. The highest BCUT2D eigenvalue weighted by Gasteiger charge is 2.17. The second kappa shape index (κ2) is 9.47. The normalized spacial score (nSPS) is 11.3. The van der Waals surface area contributed by atoms with Gasteiger partial charge < -0.3 is 14.4 Å². The molecule has 0 spiro atoms. The van der Waals surface area contributed by atoms with Crippen LogP contribution in [0.2, 0.25) is 0 Å². The van der Waals surface area contributed by atoms with Crippen molar-refractivity contribution in [3.05, 3.63) is 89.5 Å². The monoisotopic (exact) mass is 427 g/mol. The number of carbonyl (C=O) groups excluding carboxylic acids is 1. The predicted octanol–water partition coefficient (Wildman–Crippen LogP) is 5.90. The van der Waals surface area contributed by atoms with E-state index in [4.69, 9.17) is 4.74 Å². The molecule has 0 radical (unpaired) electrons. The summed E-state index contributed by atoms with van der Waals surface area (Å²) in [6, 6.07) is 23.3. The van der Waals surface area contributed by atoms with Gasteiger partial charge in [-0.05, 0) is 49.1 Å². The van der Waals surface area contributed by atoms with E-state index < -0.39 is 5.91 Å². The van der Waals surface area contributed by atoms with Crippen molar-refractivity contribution in [2.45, 2.75) is 26.8 Å². The summed E-state index contributed by atoms with van der Waals surface area (Å²) in [6.07, 6.45) is 0.756. The van der Waals surface area contributed by atoms with Crippen molar-refractivity contribution >= 4 is 22.5 Å². The number of rotatable bonds is 7. The van der Waals surface area contributed by atoms with Crippen LogP contribution >= 0.6 is 0 Å². The average molecular weight is 428 g/mol. The second-order valence-corrected chi connectivity index (χ2v) is 7.66. The van der Waals surface area contributed by atoms with Crippen molar-refractivity contribution in [3.63, 3.8) is 0 Å². The van der Waals surface area contributed by atoms with Gasteiger partial charge in [0.15, 0.2) is 12.3 Å². The van der Waals surface area contributed by atoms with Crippen molar-refractivity contribution in [2.75, 3.05) is 6.61 Å². The minimum Gasteiger partial charge on any atom is -0.493 e. The second-order valence-electron chi connectivity index (χ2n) is 7.66. The zero-order valence-corrected chi connectivity index (χ0v) is 18.2. The van der Waals surface area contributed by atoms with Crippen LogP contribution in [0.15, 0.2) is 83.0 Å². The minimum absolute atomic E-state index is 0.00544. The highest BCUT2D eigenvalue weighted by Crippen LogP contribution is 2.39. The molecule has 0 unspecified atom stereocenters. The molecule has 0 aliphatic heterocycles. The average Bonchev–Trinajstić information content (AvgIpc) is 3.08. The predicted molar refractivity (Wildman–Crippen MR) is 125 cm³/mol. The molecule has 6 heteroatoms. The lowest BCUT2D eigenvalue weighted by Crippen LogP contribution is -2.08. The van der Waals surface area contributed by atoms with Gasteiger partial charge in [0.2, 0.25) is 5.88 Å². The molecule has 1 heterocycles. The Morgan fingerprint density at radius 3 is 2.53 bits per heavy atom. The fraction of sp³-hybridized carbons (Fsp3) is 0.192. The molecule has 3 aromatic carbocycles.